The molecule has 5 nitrogen and oxygen atoms in total. The number of nitrogens with zero attached hydrogens (tertiary/aromatic N) is 2. The summed E-state index contributed by atoms with van der Waals surface area (Å²) < 4.78 is 1.65. The molecular formula is C19H16ClN3O2S. The molecule has 2 aromatic heterocycles. The largest absolute Gasteiger partial charge is 0.310 e. The van der Waals surface area contributed by atoms with Crippen LogP contribution in [0.2, 0.25) is 5.02 Å². The minimum Gasteiger partial charge on any atom is -0.310 e. The van der Waals surface area contributed by atoms with Crippen LogP contribution < -0.4 is 5.32 Å². The van der Waals surface area contributed by atoms with Crippen molar-refractivity contribution in [2.45, 2.75) is 26.2 Å². The average molecular weight is 386 g/mol. The lowest BCUT2D eigenvalue weighted by Gasteiger charge is -2.22. The molecule has 0 aliphatic carbocycles. The summed E-state index contributed by atoms with van der Waals surface area (Å²) in [5.41, 5.74) is 2.24. The first-order chi connectivity index (χ1) is 12.4. The number of nitrogens with one attached hydrogen (secondary N) is 1. The first kappa shape index (κ1) is 17.0. The van der Waals surface area contributed by atoms with Gasteiger partial charge >= 0.3 is 0 Å². The SMILES string of the molecule is Cc1ccc(C(=O)C2CC(=O)Nc3c2c(C)nn3-c2cccc(Cl)c2)s1. The van der Waals surface area contributed by atoms with Gasteiger partial charge in [0.2, 0.25) is 5.91 Å². The molecule has 132 valence electrons. The van der Waals surface area contributed by atoms with Crippen LogP contribution in [0, 0.1) is 13.8 Å². The van der Waals surface area contributed by atoms with Crippen LogP contribution in [0.3, 0.4) is 0 Å². The molecule has 1 atom stereocenters. The number of thiophene rings is 1. The van der Waals surface area contributed by atoms with Crippen LogP contribution >= 0.6 is 22.9 Å². The maximum absolute atomic E-state index is 13.0. The van der Waals surface area contributed by atoms with Crippen molar-refractivity contribution in [1.82, 2.24) is 9.78 Å². The molecule has 7 heteroatoms. The second-order valence-electron chi connectivity index (χ2n) is 6.32. The zero-order valence-electron chi connectivity index (χ0n) is 14.2. The smallest absolute Gasteiger partial charge is 0.226 e. The Morgan fingerprint density at radius 2 is 2.12 bits per heavy atom. The van der Waals surface area contributed by atoms with Gasteiger partial charge in [-0.1, -0.05) is 17.7 Å². The molecule has 3 aromatic rings. The lowest BCUT2D eigenvalue weighted by molar-refractivity contribution is -0.116. The van der Waals surface area contributed by atoms with Crippen molar-refractivity contribution in [2.24, 2.45) is 0 Å². The van der Waals surface area contributed by atoms with Crippen molar-refractivity contribution < 1.29 is 9.59 Å². The number of amides is 1. The first-order valence-corrected chi connectivity index (χ1v) is 9.39. The molecule has 1 aliphatic heterocycles. The van der Waals surface area contributed by atoms with Crippen LogP contribution in [0.5, 0.6) is 0 Å². The van der Waals surface area contributed by atoms with Gasteiger partial charge in [0.25, 0.3) is 0 Å². The lowest BCUT2D eigenvalue weighted by Crippen LogP contribution is -2.28. The van der Waals surface area contributed by atoms with E-state index >= 15 is 0 Å². The minimum absolute atomic E-state index is 0.0343. The van der Waals surface area contributed by atoms with Crippen LogP contribution in [0.15, 0.2) is 36.4 Å². The molecule has 1 N–H and O–H groups in total. The van der Waals surface area contributed by atoms with Crippen LogP contribution in [0.1, 0.15) is 38.1 Å². The normalized spacial score (nSPS) is 16.3. The highest BCUT2D eigenvalue weighted by atomic mass is 35.5. The summed E-state index contributed by atoms with van der Waals surface area (Å²) in [5, 5.41) is 8.02. The molecule has 1 amide bonds. The standard InChI is InChI=1S/C19H16ClN3O2S/c1-10-6-7-15(26-10)18(25)14-9-16(24)21-19-17(14)11(2)22-23(19)13-5-3-4-12(20)8-13/h3-8,14H,9H2,1-2H3,(H,21,24). The highest BCUT2D eigenvalue weighted by molar-refractivity contribution is 7.14. The van der Waals surface area contributed by atoms with Crippen molar-refractivity contribution in [1.29, 1.82) is 0 Å². The number of aryl methyl sites for hydroxylation is 2. The van der Waals surface area contributed by atoms with Crippen molar-refractivity contribution >= 4 is 40.4 Å². The Labute approximate surface area is 159 Å². The van der Waals surface area contributed by atoms with E-state index in [2.05, 4.69) is 10.4 Å². The van der Waals surface area contributed by atoms with Crippen molar-refractivity contribution in [3.05, 3.63) is 62.4 Å². The van der Waals surface area contributed by atoms with Gasteiger partial charge in [0.1, 0.15) is 5.82 Å². The van der Waals surface area contributed by atoms with Crippen molar-refractivity contribution in [2.75, 3.05) is 5.32 Å². The van der Waals surface area contributed by atoms with E-state index in [1.54, 1.807) is 16.8 Å². The molecule has 4 rings (SSSR count). The number of ketones is 1. The summed E-state index contributed by atoms with van der Waals surface area (Å²) in [5.74, 6) is -0.197. The van der Waals surface area contributed by atoms with Gasteiger partial charge in [-0.3, -0.25) is 9.59 Å². The van der Waals surface area contributed by atoms with Gasteiger partial charge in [0.15, 0.2) is 5.78 Å². The summed E-state index contributed by atoms with van der Waals surface area (Å²) in [6.45, 7) is 3.82. The second kappa shape index (κ2) is 6.37. The van der Waals surface area contributed by atoms with Crippen LogP contribution in [0.4, 0.5) is 5.82 Å². The summed E-state index contributed by atoms with van der Waals surface area (Å²) in [6.07, 6.45) is 0.130. The number of rotatable bonds is 3. The summed E-state index contributed by atoms with van der Waals surface area (Å²) in [7, 11) is 0. The molecule has 1 aliphatic rings. The Morgan fingerprint density at radius 1 is 1.31 bits per heavy atom. The Balaban J connectivity index is 1.83. The lowest BCUT2D eigenvalue weighted by atomic mass is 9.87. The van der Waals surface area contributed by atoms with Crippen molar-refractivity contribution in [3.63, 3.8) is 0 Å². The highest BCUT2D eigenvalue weighted by Gasteiger charge is 2.36. The Bertz CT molecular complexity index is 1040. The van der Waals surface area contributed by atoms with E-state index in [4.69, 9.17) is 11.6 Å². The molecule has 1 unspecified atom stereocenters. The fraction of sp³-hybridized carbons (Fsp3) is 0.211. The van der Waals surface area contributed by atoms with E-state index in [-0.39, 0.29) is 18.1 Å². The first-order valence-electron chi connectivity index (χ1n) is 8.20. The average Bonchev–Trinajstić information content (AvgIpc) is 3.17. The minimum atomic E-state index is -0.523. The van der Waals surface area contributed by atoms with E-state index in [0.717, 1.165) is 21.8 Å². The third-order valence-corrected chi connectivity index (χ3v) is 5.71. The number of carbonyl (C=O) groups excluding carboxylic acids is 2. The molecule has 0 radical (unpaired) electrons. The number of carbonyl (C=O) groups is 2. The molecule has 0 spiro atoms. The number of fused-ring (bicyclic) bond motifs is 1. The Hall–Kier alpha value is -2.44. The number of benzene rings is 1. The predicted octanol–water partition coefficient (Wildman–Crippen LogP) is 4.51. The number of halogens is 1. The molecule has 0 saturated heterocycles. The highest BCUT2D eigenvalue weighted by Crippen LogP contribution is 2.39. The maximum Gasteiger partial charge on any atom is 0.226 e. The zero-order chi connectivity index (χ0) is 18.4. The number of hydrogen-bond donors (Lipinski definition) is 1. The third kappa shape index (κ3) is 2.85. The van der Waals surface area contributed by atoms with Crippen LogP contribution in [0.25, 0.3) is 5.69 Å². The number of aromatic nitrogens is 2. The summed E-state index contributed by atoms with van der Waals surface area (Å²) in [4.78, 5) is 27.1. The topological polar surface area (TPSA) is 64.0 Å². The van der Waals surface area contributed by atoms with Crippen LogP contribution in [-0.4, -0.2) is 21.5 Å². The molecule has 3 heterocycles. The predicted molar refractivity (Wildman–Crippen MR) is 103 cm³/mol. The fourth-order valence-electron chi connectivity index (χ4n) is 3.30. The molecule has 0 bridgehead atoms. The van der Waals surface area contributed by atoms with Crippen LogP contribution in [-0.2, 0) is 4.79 Å². The summed E-state index contributed by atoms with van der Waals surface area (Å²) in [6, 6.07) is 11.0. The Kier molecular flexibility index (Phi) is 4.17. The third-order valence-electron chi connectivity index (χ3n) is 4.45. The molecule has 26 heavy (non-hydrogen) atoms. The number of Topliss-reactive ketones (excluding diaryl/α,β-unsaturated/α-hetero) is 1. The zero-order valence-corrected chi connectivity index (χ0v) is 15.8. The molecular weight excluding hydrogens is 370 g/mol. The van der Waals surface area contributed by atoms with Gasteiger partial charge in [-0.05, 0) is 44.2 Å². The van der Waals surface area contributed by atoms with Gasteiger partial charge in [-0.15, -0.1) is 11.3 Å². The Morgan fingerprint density at radius 3 is 2.81 bits per heavy atom. The number of hydrogen-bond acceptors (Lipinski definition) is 4. The van der Waals surface area contributed by atoms with E-state index in [9.17, 15) is 9.59 Å². The van der Waals surface area contributed by atoms with Gasteiger partial charge in [0.05, 0.1) is 22.2 Å². The number of anilines is 1. The fourth-order valence-corrected chi connectivity index (χ4v) is 4.35. The van der Waals surface area contributed by atoms with E-state index in [1.165, 1.54) is 11.3 Å². The quantitative estimate of drug-likeness (QED) is 0.674. The maximum atomic E-state index is 13.0. The second-order valence-corrected chi connectivity index (χ2v) is 8.04. The van der Waals surface area contributed by atoms with E-state index < -0.39 is 5.92 Å². The van der Waals surface area contributed by atoms with Gasteiger partial charge in [-0.25, -0.2) is 4.68 Å². The van der Waals surface area contributed by atoms with E-state index in [1.807, 2.05) is 38.1 Å². The summed E-state index contributed by atoms with van der Waals surface area (Å²) >= 11 is 7.54. The van der Waals surface area contributed by atoms with Gasteiger partial charge < -0.3 is 5.32 Å². The monoisotopic (exact) mass is 385 g/mol. The van der Waals surface area contributed by atoms with E-state index in [0.29, 0.717) is 15.7 Å². The molecule has 0 saturated carbocycles. The van der Waals surface area contributed by atoms with Gasteiger partial charge in [0, 0.05) is 21.9 Å². The van der Waals surface area contributed by atoms with Gasteiger partial charge in [-0.2, -0.15) is 5.10 Å². The van der Waals surface area contributed by atoms with Crippen molar-refractivity contribution in [3.8, 4) is 5.69 Å². The molecule has 0 fully saturated rings. The molecule has 1 aromatic carbocycles.